The van der Waals surface area contributed by atoms with Crippen molar-refractivity contribution in [1.82, 2.24) is 34.0 Å². The number of aliphatic hydroxyl groups is 1. The number of likely N-dealkylation sites (tertiary alicyclic amines) is 1. The highest BCUT2D eigenvalue weighted by Gasteiger charge is 2.24. The van der Waals surface area contributed by atoms with Crippen LogP contribution in [0.5, 0.6) is 6.01 Å². The van der Waals surface area contributed by atoms with Crippen LogP contribution < -0.4 is 4.74 Å². The number of nitriles is 1. The highest BCUT2D eigenvalue weighted by atomic mass is 16.5. The molecule has 0 bridgehead atoms. The summed E-state index contributed by atoms with van der Waals surface area (Å²) in [6.45, 7) is 4.90. The minimum Gasteiger partial charge on any atom is -0.464 e. The molecule has 0 saturated carbocycles. The van der Waals surface area contributed by atoms with Gasteiger partial charge < -0.3 is 14.7 Å². The Kier molecular flexibility index (Phi) is 6.69. The first-order chi connectivity index (χ1) is 19.0. The lowest BCUT2D eigenvalue weighted by Crippen LogP contribution is -2.41. The molecule has 2 atom stereocenters. The number of benzene rings is 1. The van der Waals surface area contributed by atoms with Gasteiger partial charge in [-0.1, -0.05) is 12.1 Å². The third-order valence-corrected chi connectivity index (χ3v) is 7.24. The van der Waals surface area contributed by atoms with E-state index in [0.29, 0.717) is 42.0 Å². The first kappa shape index (κ1) is 25.0. The van der Waals surface area contributed by atoms with Crippen molar-refractivity contribution in [3.63, 3.8) is 0 Å². The fraction of sp³-hybridized carbons (Fsp3) is 0.345. The summed E-state index contributed by atoms with van der Waals surface area (Å²) in [4.78, 5) is 16.7. The molecule has 0 spiro atoms. The van der Waals surface area contributed by atoms with Crippen LogP contribution in [0.1, 0.15) is 25.3 Å². The predicted molar refractivity (Wildman–Crippen MR) is 147 cm³/mol. The Morgan fingerprint density at radius 2 is 2.00 bits per heavy atom. The number of fused-ring (bicyclic) bond motifs is 2. The van der Waals surface area contributed by atoms with Gasteiger partial charge in [-0.25, -0.2) is 9.97 Å². The average Bonchev–Trinajstić information content (AvgIpc) is 3.58. The molecule has 6 rings (SSSR count). The second-order valence-electron chi connectivity index (χ2n) is 10.3. The maximum Gasteiger partial charge on any atom is 0.302 e. The summed E-state index contributed by atoms with van der Waals surface area (Å²) in [5.41, 5.74) is 5.34. The lowest BCUT2D eigenvalue weighted by molar-refractivity contribution is 0.0778. The van der Waals surface area contributed by atoms with E-state index in [1.807, 2.05) is 49.0 Å². The molecule has 10 heteroatoms. The normalized spacial score (nSPS) is 16.9. The van der Waals surface area contributed by atoms with E-state index in [4.69, 9.17) is 14.7 Å². The molecule has 1 aliphatic heterocycles. The Morgan fingerprint density at radius 1 is 1.15 bits per heavy atom. The molecule has 39 heavy (non-hydrogen) atoms. The molecule has 1 saturated heterocycles. The van der Waals surface area contributed by atoms with Crippen LogP contribution in [0.3, 0.4) is 0 Å². The van der Waals surface area contributed by atoms with Gasteiger partial charge in [0.05, 0.1) is 41.8 Å². The number of β-amino-alcohol motifs (C(OH)–C–C–N with tert-alkyl or cyclic N) is 1. The molecular weight excluding hydrogens is 492 g/mol. The Bertz CT molecular complexity index is 1670. The first-order valence-corrected chi connectivity index (χ1v) is 13.2. The zero-order valence-corrected chi connectivity index (χ0v) is 22.0. The second-order valence-corrected chi connectivity index (χ2v) is 10.3. The summed E-state index contributed by atoms with van der Waals surface area (Å²) in [6.07, 6.45) is 9.03. The van der Waals surface area contributed by atoms with Gasteiger partial charge in [-0.3, -0.25) is 9.08 Å². The summed E-state index contributed by atoms with van der Waals surface area (Å²) in [6, 6.07) is 12.1. The van der Waals surface area contributed by atoms with Gasteiger partial charge in [-0.15, -0.1) is 0 Å². The Hall–Kier alpha value is -4.33. The summed E-state index contributed by atoms with van der Waals surface area (Å²) in [5, 5.41) is 24.4. The van der Waals surface area contributed by atoms with E-state index in [-0.39, 0.29) is 6.10 Å². The van der Waals surface area contributed by atoms with Crippen LogP contribution in [0.4, 0.5) is 0 Å². The molecule has 0 radical (unpaired) electrons. The van der Waals surface area contributed by atoms with Gasteiger partial charge in [0.25, 0.3) is 0 Å². The van der Waals surface area contributed by atoms with Crippen LogP contribution in [0, 0.1) is 17.2 Å². The highest BCUT2D eigenvalue weighted by molar-refractivity contribution is 5.93. The van der Waals surface area contributed by atoms with Crippen molar-refractivity contribution in [2.45, 2.75) is 25.9 Å². The van der Waals surface area contributed by atoms with Crippen LogP contribution in [-0.4, -0.2) is 71.5 Å². The molecule has 5 heterocycles. The number of pyridine rings is 1. The number of nitrogens with zero attached hydrogens (tertiary/aromatic N) is 8. The lowest BCUT2D eigenvalue weighted by atomic mass is 9.99. The van der Waals surface area contributed by atoms with Gasteiger partial charge in [0.1, 0.15) is 0 Å². The third-order valence-electron chi connectivity index (χ3n) is 7.24. The molecule has 1 N–H and O–H groups in total. The van der Waals surface area contributed by atoms with Crippen molar-refractivity contribution in [2.75, 3.05) is 26.2 Å². The molecule has 4 aromatic heterocycles. The van der Waals surface area contributed by atoms with E-state index >= 15 is 0 Å². The number of aliphatic hydroxyl groups excluding tert-OH is 1. The molecule has 1 fully saturated rings. The van der Waals surface area contributed by atoms with E-state index in [9.17, 15) is 10.4 Å². The SMILES string of the molecule is CC(O)CN1CCC[C@@H](COc2nc(-c3ccc(C#N)cc3)c(-c3cnc4c(cnn4C)c3)c3nccn23)C1. The van der Waals surface area contributed by atoms with Crippen LogP contribution >= 0.6 is 0 Å². The van der Waals surface area contributed by atoms with Crippen molar-refractivity contribution in [3.8, 4) is 34.5 Å². The van der Waals surface area contributed by atoms with Crippen LogP contribution in [0.25, 0.3) is 39.1 Å². The number of rotatable bonds is 7. The van der Waals surface area contributed by atoms with Crippen LogP contribution in [0.15, 0.2) is 55.1 Å². The highest BCUT2D eigenvalue weighted by Crippen LogP contribution is 2.37. The quantitative estimate of drug-likeness (QED) is 0.344. The first-order valence-electron chi connectivity index (χ1n) is 13.2. The van der Waals surface area contributed by atoms with Gasteiger partial charge >= 0.3 is 6.01 Å². The van der Waals surface area contributed by atoms with Gasteiger partial charge in [0.2, 0.25) is 0 Å². The Balaban J connectivity index is 1.41. The number of imidazole rings is 1. The van der Waals surface area contributed by atoms with Gasteiger partial charge in [-0.05, 0) is 44.5 Å². The third kappa shape index (κ3) is 4.94. The number of aromatic nitrogens is 6. The fourth-order valence-electron chi connectivity index (χ4n) is 5.43. The van der Waals surface area contributed by atoms with Gasteiger partial charge in [0.15, 0.2) is 11.3 Å². The van der Waals surface area contributed by atoms with Crippen molar-refractivity contribution < 1.29 is 9.84 Å². The zero-order chi connectivity index (χ0) is 26.9. The summed E-state index contributed by atoms with van der Waals surface area (Å²) >= 11 is 0. The number of ether oxygens (including phenoxy) is 1. The molecule has 1 aromatic carbocycles. The second kappa shape index (κ2) is 10.4. The van der Waals surface area contributed by atoms with E-state index < -0.39 is 0 Å². The van der Waals surface area contributed by atoms with E-state index in [0.717, 1.165) is 53.7 Å². The van der Waals surface area contributed by atoms with Crippen molar-refractivity contribution >= 4 is 16.7 Å². The van der Waals surface area contributed by atoms with E-state index in [2.05, 4.69) is 21.1 Å². The number of hydrogen-bond acceptors (Lipinski definition) is 8. The summed E-state index contributed by atoms with van der Waals surface area (Å²) in [5.74, 6) is 0.341. The van der Waals surface area contributed by atoms with Crippen molar-refractivity contribution in [2.24, 2.45) is 13.0 Å². The molecule has 10 nitrogen and oxygen atoms in total. The number of aryl methyl sites for hydroxylation is 1. The average molecular weight is 523 g/mol. The molecule has 0 amide bonds. The molecule has 1 aliphatic rings. The topological polar surface area (TPSA) is 117 Å². The summed E-state index contributed by atoms with van der Waals surface area (Å²) < 4.78 is 10.0. The van der Waals surface area contributed by atoms with Crippen molar-refractivity contribution in [3.05, 3.63) is 60.7 Å². The fourth-order valence-corrected chi connectivity index (χ4v) is 5.43. The monoisotopic (exact) mass is 522 g/mol. The zero-order valence-electron chi connectivity index (χ0n) is 22.0. The standard InChI is InChI=1S/C29H30N8O2/c1-19(38)16-36-10-3-4-21(17-36)18-39-29-34-26(22-7-5-20(13-30)6-8-22)25(28-31-9-11-37(28)29)23-12-24-15-33-35(2)27(24)32-14-23/h5-9,11-12,14-15,19,21,38H,3-4,10,16-18H2,1-2H3/t19?,21-/m1/s1. The molecular formula is C29H30N8O2. The largest absolute Gasteiger partial charge is 0.464 e. The molecule has 198 valence electrons. The Labute approximate surface area is 226 Å². The van der Waals surface area contributed by atoms with Crippen LogP contribution in [0.2, 0.25) is 0 Å². The van der Waals surface area contributed by atoms with Crippen molar-refractivity contribution in [1.29, 1.82) is 5.26 Å². The van der Waals surface area contributed by atoms with E-state index in [1.165, 1.54) is 0 Å². The van der Waals surface area contributed by atoms with Gasteiger partial charge in [-0.2, -0.15) is 15.3 Å². The minimum absolute atomic E-state index is 0.341. The summed E-state index contributed by atoms with van der Waals surface area (Å²) in [7, 11) is 1.87. The lowest BCUT2D eigenvalue weighted by Gasteiger charge is -2.33. The number of hydrogen-bond donors (Lipinski definition) is 1. The van der Waals surface area contributed by atoms with Crippen LogP contribution in [-0.2, 0) is 7.05 Å². The molecule has 5 aromatic rings. The molecule has 1 unspecified atom stereocenters. The minimum atomic E-state index is -0.347. The Morgan fingerprint density at radius 3 is 2.79 bits per heavy atom. The maximum absolute atomic E-state index is 9.82. The van der Waals surface area contributed by atoms with Gasteiger partial charge in [0, 0.05) is 61.2 Å². The van der Waals surface area contributed by atoms with E-state index in [1.54, 1.807) is 29.2 Å². The number of piperidine rings is 1. The molecule has 0 aliphatic carbocycles. The predicted octanol–water partition coefficient (Wildman–Crippen LogP) is 3.69. The maximum atomic E-state index is 9.82. The smallest absolute Gasteiger partial charge is 0.302 e.